The van der Waals surface area contributed by atoms with Gasteiger partial charge in [-0.3, -0.25) is 9.36 Å². The maximum absolute atomic E-state index is 12.7. The topological polar surface area (TPSA) is 94.1 Å². The minimum absolute atomic E-state index is 0.0127. The Balaban J connectivity index is 4.29. The van der Waals surface area contributed by atoms with E-state index < -0.39 is 13.9 Å². The standard InChI is InChI=1S/C52H90NO7P/c1-6-8-10-12-14-16-18-20-22-23-24-25-26-27-28-29-30-31-32-33-35-37-39-41-43-45-52(54)60-51(50-59-61(55,56)58-48-46-53(3,4)5)49-57-47-44-42-40-38-36-34-21-19-17-15-13-11-9-7-2/h8,10,14,16-17,19-20,22,24-25,27-28,30-31,33,35,51H,6-7,9,11-13,15,18,21,23,26,29,32,34,36-50H2,1-5H3/b10-8-,16-14-,19-17-,22-20-,25-24-,28-27-,31-30-,35-33-. The number of unbranched alkanes of at least 4 members (excludes halogenated alkanes) is 13. The smallest absolute Gasteiger partial charge is 0.306 e. The summed E-state index contributed by atoms with van der Waals surface area (Å²) in [5.41, 5.74) is 0. The Labute approximate surface area is 375 Å². The molecule has 0 rings (SSSR count). The van der Waals surface area contributed by atoms with E-state index in [9.17, 15) is 14.3 Å². The lowest BCUT2D eigenvalue weighted by atomic mass is 10.1. The number of carbonyl (C=O) groups excluding carboxylic acids is 1. The third-order valence-corrected chi connectivity index (χ3v) is 10.6. The molecule has 61 heavy (non-hydrogen) atoms. The van der Waals surface area contributed by atoms with Gasteiger partial charge in [-0.15, -0.1) is 0 Å². The Kier molecular flexibility index (Phi) is 42.2. The van der Waals surface area contributed by atoms with Gasteiger partial charge in [-0.05, 0) is 96.3 Å². The number of rotatable bonds is 43. The summed E-state index contributed by atoms with van der Waals surface area (Å²) < 4.78 is 34.6. The number of allylic oxidation sites excluding steroid dienone is 16. The zero-order valence-electron chi connectivity index (χ0n) is 39.6. The van der Waals surface area contributed by atoms with Crippen LogP contribution in [0.3, 0.4) is 0 Å². The molecule has 0 aromatic carbocycles. The van der Waals surface area contributed by atoms with Crippen LogP contribution in [0.5, 0.6) is 0 Å². The molecule has 2 atom stereocenters. The van der Waals surface area contributed by atoms with E-state index in [2.05, 4.69) is 111 Å². The highest BCUT2D eigenvalue weighted by Crippen LogP contribution is 2.38. The fourth-order valence-electron chi connectivity index (χ4n) is 5.93. The Hall–Kier alpha value is -2.58. The molecule has 350 valence electrons. The molecule has 0 radical (unpaired) electrons. The van der Waals surface area contributed by atoms with Gasteiger partial charge in [0.05, 0.1) is 34.4 Å². The van der Waals surface area contributed by atoms with Gasteiger partial charge in [0.15, 0.2) is 0 Å². The molecule has 0 heterocycles. The Morgan fingerprint density at radius 2 is 0.951 bits per heavy atom. The van der Waals surface area contributed by atoms with Crippen molar-refractivity contribution < 1.29 is 37.3 Å². The van der Waals surface area contributed by atoms with Crippen LogP contribution in [0, 0.1) is 0 Å². The van der Waals surface area contributed by atoms with Crippen LogP contribution in [0.25, 0.3) is 0 Å². The Bertz CT molecular complexity index is 1290. The fraction of sp³-hybridized carbons (Fsp3) is 0.673. The summed E-state index contributed by atoms with van der Waals surface area (Å²) in [6.07, 6.45) is 60.0. The number of nitrogens with zero attached hydrogens (tertiary/aromatic N) is 1. The lowest BCUT2D eigenvalue weighted by Gasteiger charge is -2.28. The number of phosphoric acid groups is 1. The number of ether oxygens (including phenoxy) is 2. The number of esters is 1. The molecular formula is C52H90NO7P. The zero-order chi connectivity index (χ0) is 44.8. The quantitative estimate of drug-likeness (QED) is 0.0198. The van der Waals surface area contributed by atoms with Crippen molar-refractivity contribution in [3.05, 3.63) is 97.2 Å². The van der Waals surface area contributed by atoms with E-state index >= 15 is 0 Å². The van der Waals surface area contributed by atoms with E-state index in [0.29, 0.717) is 24.1 Å². The second-order valence-electron chi connectivity index (χ2n) is 16.7. The first-order valence-electron chi connectivity index (χ1n) is 24.0. The molecular weight excluding hydrogens is 782 g/mol. The van der Waals surface area contributed by atoms with E-state index in [-0.39, 0.29) is 32.2 Å². The molecule has 0 saturated heterocycles. The van der Waals surface area contributed by atoms with Gasteiger partial charge in [-0.2, -0.15) is 0 Å². The number of likely N-dealkylation sites (N-methyl/N-ethyl adjacent to an activating group) is 1. The van der Waals surface area contributed by atoms with Gasteiger partial charge >= 0.3 is 5.97 Å². The van der Waals surface area contributed by atoms with E-state index in [4.69, 9.17) is 18.5 Å². The summed E-state index contributed by atoms with van der Waals surface area (Å²) in [6.45, 7) is 5.20. The van der Waals surface area contributed by atoms with Gasteiger partial charge in [0.25, 0.3) is 7.82 Å². The average molecular weight is 872 g/mol. The first-order chi connectivity index (χ1) is 29.6. The predicted octanol–water partition coefficient (Wildman–Crippen LogP) is 14.0. The Morgan fingerprint density at radius 1 is 0.525 bits per heavy atom. The summed E-state index contributed by atoms with van der Waals surface area (Å²) in [7, 11) is 1.31. The normalized spacial score (nSPS) is 14.5. The number of quaternary nitrogens is 1. The minimum atomic E-state index is -4.54. The van der Waals surface area contributed by atoms with Gasteiger partial charge in [-0.1, -0.05) is 162 Å². The lowest BCUT2D eigenvalue weighted by Crippen LogP contribution is -2.37. The number of hydrogen-bond donors (Lipinski definition) is 0. The van der Waals surface area contributed by atoms with Crippen molar-refractivity contribution in [2.24, 2.45) is 0 Å². The van der Waals surface area contributed by atoms with Crippen molar-refractivity contribution >= 4 is 13.8 Å². The summed E-state index contributed by atoms with van der Waals surface area (Å²) in [5, 5.41) is 0. The average Bonchev–Trinajstić information content (AvgIpc) is 3.22. The van der Waals surface area contributed by atoms with E-state index in [1.165, 1.54) is 57.8 Å². The molecule has 0 bridgehead atoms. The highest BCUT2D eigenvalue weighted by atomic mass is 31.2. The zero-order valence-corrected chi connectivity index (χ0v) is 40.5. The highest BCUT2D eigenvalue weighted by molar-refractivity contribution is 7.45. The van der Waals surface area contributed by atoms with Crippen molar-refractivity contribution in [1.29, 1.82) is 0 Å². The van der Waals surface area contributed by atoms with Crippen LogP contribution in [-0.4, -0.2) is 70.7 Å². The molecule has 0 amide bonds. The highest BCUT2D eigenvalue weighted by Gasteiger charge is 2.20. The monoisotopic (exact) mass is 872 g/mol. The molecule has 0 fully saturated rings. The van der Waals surface area contributed by atoms with Gasteiger partial charge in [-0.25, -0.2) is 0 Å². The van der Waals surface area contributed by atoms with Gasteiger partial charge in [0, 0.05) is 13.0 Å². The van der Waals surface area contributed by atoms with E-state index in [0.717, 1.165) is 83.5 Å². The SMILES string of the molecule is CC/C=C\C/C=C\C/C=C\C/C=C\C/C=C\C/C=C\C/C=C\CCCCCC(=O)OC(COCCCCCCCC/C=C\CCCCCC)COP(=O)([O-])OCC[N+](C)(C)C. The number of phosphoric ester groups is 1. The Morgan fingerprint density at radius 3 is 1.44 bits per heavy atom. The summed E-state index contributed by atoms with van der Waals surface area (Å²) >= 11 is 0. The largest absolute Gasteiger partial charge is 0.756 e. The van der Waals surface area contributed by atoms with Crippen LogP contribution in [0.1, 0.15) is 168 Å². The first kappa shape index (κ1) is 58.4. The van der Waals surface area contributed by atoms with E-state index in [1.54, 1.807) is 0 Å². The summed E-state index contributed by atoms with van der Waals surface area (Å²) in [6, 6.07) is 0. The molecule has 0 aromatic heterocycles. The molecule has 0 aliphatic rings. The molecule has 9 heteroatoms. The molecule has 0 spiro atoms. The third kappa shape index (κ3) is 48.3. The van der Waals surface area contributed by atoms with Crippen LogP contribution >= 0.6 is 7.82 Å². The molecule has 8 nitrogen and oxygen atoms in total. The van der Waals surface area contributed by atoms with Gasteiger partial charge in [0.1, 0.15) is 19.3 Å². The van der Waals surface area contributed by atoms with Crippen molar-refractivity contribution in [2.75, 3.05) is 54.1 Å². The number of hydrogen-bond acceptors (Lipinski definition) is 7. The molecule has 0 N–H and O–H groups in total. The van der Waals surface area contributed by atoms with Crippen LogP contribution < -0.4 is 4.89 Å². The molecule has 0 aliphatic heterocycles. The summed E-state index contributed by atoms with van der Waals surface area (Å²) in [5.74, 6) is -0.372. The predicted molar refractivity (Wildman–Crippen MR) is 258 cm³/mol. The van der Waals surface area contributed by atoms with E-state index in [1.807, 2.05) is 21.1 Å². The molecule has 0 aliphatic carbocycles. The number of carbonyl (C=O) groups is 1. The minimum Gasteiger partial charge on any atom is -0.756 e. The van der Waals surface area contributed by atoms with Crippen LogP contribution in [0.15, 0.2) is 97.2 Å². The second kappa shape index (κ2) is 44.0. The summed E-state index contributed by atoms with van der Waals surface area (Å²) in [4.78, 5) is 25.1. The van der Waals surface area contributed by atoms with Crippen LogP contribution in [0.2, 0.25) is 0 Å². The van der Waals surface area contributed by atoms with Crippen LogP contribution in [0.4, 0.5) is 0 Å². The third-order valence-electron chi connectivity index (χ3n) is 9.62. The second-order valence-corrected chi connectivity index (χ2v) is 18.1. The molecule has 0 aromatic rings. The van der Waals surface area contributed by atoms with Crippen molar-refractivity contribution in [3.8, 4) is 0 Å². The van der Waals surface area contributed by atoms with Crippen molar-refractivity contribution in [2.45, 2.75) is 174 Å². The lowest BCUT2D eigenvalue weighted by molar-refractivity contribution is -0.870. The van der Waals surface area contributed by atoms with Crippen LogP contribution in [-0.2, 0) is 27.9 Å². The van der Waals surface area contributed by atoms with Crippen molar-refractivity contribution in [3.63, 3.8) is 0 Å². The maximum Gasteiger partial charge on any atom is 0.306 e. The fourth-order valence-corrected chi connectivity index (χ4v) is 6.66. The molecule has 0 saturated carbocycles. The first-order valence-corrected chi connectivity index (χ1v) is 25.4. The maximum atomic E-state index is 12.7. The molecule has 2 unspecified atom stereocenters. The van der Waals surface area contributed by atoms with Crippen molar-refractivity contribution in [1.82, 2.24) is 0 Å². The van der Waals surface area contributed by atoms with Gasteiger partial charge < -0.3 is 27.9 Å². The van der Waals surface area contributed by atoms with Gasteiger partial charge in [0.2, 0.25) is 0 Å².